The van der Waals surface area contributed by atoms with Crippen LogP contribution in [0.25, 0.3) is 33.9 Å². The summed E-state index contributed by atoms with van der Waals surface area (Å²) in [6.07, 6.45) is 8.07. The van der Waals surface area contributed by atoms with Crippen molar-refractivity contribution in [1.29, 1.82) is 0 Å². The molecule has 4 aromatic rings. The van der Waals surface area contributed by atoms with Crippen LogP contribution in [0, 0.1) is 11.7 Å². The molecule has 4 amide bonds. The fourth-order valence-corrected chi connectivity index (χ4v) is 6.83. The minimum Gasteiger partial charge on any atom is -0.453 e. The highest BCUT2D eigenvalue weighted by molar-refractivity contribution is 5.87. The van der Waals surface area contributed by atoms with Gasteiger partial charge in [-0.3, -0.25) is 9.59 Å². The predicted molar refractivity (Wildman–Crippen MR) is 189 cm³/mol. The summed E-state index contributed by atoms with van der Waals surface area (Å²) in [4.78, 5) is 78.0. The molecule has 6 rings (SSSR count). The molecule has 4 N–H and O–H groups in total. The van der Waals surface area contributed by atoms with Gasteiger partial charge in [-0.2, -0.15) is 0 Å². The van der Waals surface area contributed by atoms with Gasteiger partial charge in [0.25, 0.3) is 0 Å². The second kappa shape index (κ2) is 15.8. The molecule has 2 fully saturated rings. The van der Waals surface area contributed by atoms with Gasteiger partial charge in [0.2, 0.25) is 11.8 Å². The van der Waals surface area contributed by atoms with E-state index >= 15 is 4.39 Å². The molecule has 1 aromatic carbocycles. The van der Waals surface area contributed by atoms with E-state index in [4.69, 9.17) is 9.72 Å². The highest BCUT2D eigenvalue weighted by atomic mass is 19.1. The number of hydrogen-bond donors (Lipinski definition) is 4. The van der Waals surface area contributed by atoms with Crippen LogP contribution in [0.4, 0.5) is 14.0 Å². The second-order valence-corrected chi connectivity index (χ2v) is 13.4. The molecule has 0 aliphatic carbocycles. The first-order valence-corrected chi connectivity index (χ1v) is 17.5. The van der Waals surface area contributed by atoms with E-state index in [9.17, 15) is 19.2 Å². The van der Waals surface area contributed by atoms with E-state index in [1.807, 2.05) is 13.8 Å². The summed E-state index contributed by atoms with van der Waals surface area (Å²) in [6.45, 7) is 6.36. The van der Waals surface area contributed by atoms with Crippen molar-refractivity contribution >= 4 is 24.0 Å². The lowest BCUT2D eigenvalue weighted by molar-refractivity contribution is -0.135. The number of carbonyl (C=O) groups excluding carboxylic acids is 4. The summed E-state index contributed by atoms with van der Waals surface area (Å²) in [5, 5.41) is 5.15. The molecule has 0 unspecified atom stereocenters. The number of halogens is 1. The first kappa shape index (κ1) is 36.9. The van der Waals surface area contributed by atoms with Crippen molar-refractivity contribution in [2.45, 2.75) is 70.6 Å². The van der Waals surface area contributed by atoms with E-state index < -0.39 is 30.1 Å². The van der Waals surface area contributed by atoms with Gasteiger partial charge in [0.15, 0.2) is 5.82 Å². The predicted octanol–water partition coefficient (Wildman–Crippen LogP) is 4.52. The average Bonchev–Trinajstić information content (AvgIpc) is 3.99. The van der Waals surface area contributed by atoms with E-state index in [2.05, 4.69) is 40.3 Å². The quantitative estimate of drug-likeness (QED) is 0.180. The number of H-pyrrole nitrogens is 2. The van der Waals surface area contributed by atoms with Gasteiger partial charge in [0, 0.05) is 48.4 Å². The number of rotatable bonds is 10. The van der Waals surface area contributed by atoms with Crippen LogP contribution in [0.3, 0.4) is 0 Å². The van der Waals surface area contributed by atoms with Crippen LogP contribution in [0.15, 0.2) is 43.0 Å². The van der Waals surface area contributed by atoms with Crippen LogP contribution in [0.5, 0.6) is 0 Å². The number of nitrogens with one attached hydrogen (secondary N) is 4. The molecule has 2 aliphatic rings. The standard InChI is InChI=1S/C36H43FN10O6/c1-19(2)29(45-36(51)53-5)34(49)47-13-7-9-28(47)32-41-18-26(44-32)23-11-10-21(14-24(23)37)30-38-15-22(16-39-30)25-17-40-31(43-25)27-8-6-12-46(27)33(48)20(3)42-35(50)52-4/h10-11,14-20,27-29H,6-9,12-13H2,1-5H3,(H,40,43)(H,41,44)(H,42,50)(H,45,51)/t20-,27-,28-,29-/m0/s1. The van der Waals surface area contributed by atoms with Gasteiger partial charge in [-0.1, -0.05) is 19.9 Å². The highest BCUT2D eigenvalue weighted by Crippen LogP contribution is 2.35. The Morgan fingerprint density at radius 3 is 2.13 bits per heavy atom. The largest absolute Gasteiger partial charge is 0.453 e. The molecule has 2 aliphatic heterocycles. The Morgan fingerprint density at radius 1 is 0.849 bits per heavy atom. The van der Waals surface area contributed by atoms with Crippen molar-refractivity contribution in [2.24, 2.45) is 5.92 Å². The Bertz CT molecular complexity index is 1960. The van der Waals surface area contributed by atoms with E-state index in [-0.39, 0.29) is 29.8 Å². The number of aromatic nitrogens is 6. The Labute approximate surface area is 305 Å². The molecule has 5 heterocycles. The molecule has 53 heavy (non-hydrogen) atoms. The number of hydrogen-bond acceptors (Lipinski definition) is 10. The minimum absolute atomic E-state index is 0.165. The summed E-state index contributed by atoms with van der Waals surface area (Å²) in [7, 11) is 2.50. The Kier molecular flexibility index (Phi) is 11.0. The second-order valence-electron chi connectivity index (χ2n) is 13.4. The van der Waals surface area contributed by atoms with E-state index in [0.29, 0.717) is 71.5 Å². The number of aromatic amines is 2. The van der Waals surface area contributed by atoms with Crippen LogP contribution in [0.2, 0.25) is 0 Å². The zero-order valence-corrected chi connectivity index (χ0v) is 30.2. The Morgan fingerprint density at radius 2 is 1.49 bits per heavy atom. The van der Waals surface area contributed by atoms with Gasteiger partial charge < -0.3 is 39.9 Å². The first-order valence-electron chi connectivity index (χ1n) is 17.5. The van der Waals surface area contributed by atoms with Crippen molar-refractivity contribution in [1.82, 2.24) is 50.3 Å². The molecule has 280 valence electrons. The monoisotopic (exact) mass is 730 g/mol. The Balaban J connectivity index is 1.12. The fourth-order valence-electron chi connectivity index (χ4n) is 6.83. The summed E-state index contributed by atoms with van der Waals surface area (Å²) in [6, 6.07) is 2.56. The van der Waals surface area contributed by atoms with Gasteiger partial charge in [0.1, 0.15) is 29.5 Å². The zero-order chi connectivity index (χ0) is 37.8. The molecular formula is C36H43FN10O6. The molecule has 0 radical (unpaired) electrons. The van der Waals surface area contributed by atoms with Crippen molar-refractivity contribution < 1.29 is 33.0 Å². The smallest absolute Gasteiger partial charge is 0.407 e. The number of ether oxygens (including phenoxy) is 2. The third-order valence-corrected chi connectivity index (χ3v) is 9.64. The SMILES string of the molecule is COC(=O)N[C@@H](C)C(=O)N1CCC[C@H]1c1nc(-c2cnc(-c3ccc(-c4cnc([C@@H]5CCCN5C(=O)[C@@H](NC(=O)OC)C(C)C)[nH]4)c(F)c3)nc2)c[nH]1. The fraction of sp³-hybridized carbons (Fsp3) is 0.444. The van der Waals surface area contributed by atoms with Crippen LogP contribution < -0.4 is 10.6 Å². The third-order valence-electron chi connectivity index (χ3n) is 9.64. The number of benzene rings is 1. The highest BCUT2D eigenvalue weighted by Gasteiger charge is 2.38. The van der Waals surface area contributed by atoms with E-state index in [0.717, 1.165) is 12.8 Å². The van der Waals surface area contributed by atoms with Gasteiger partial charge >= 0.3 is 12.2 Å². The molecule has 16 nitrogen and oxygen atoms in total. The van der Waals surface area contributed by atoms with Crippen molar-refractivity contribution in [3.05, 3.63) is 60.5 Å². The number of imidazole rings is 2. The third kappa shape index (κ3) is 7.83. The number of amides is 4. The molecule has 17 heteroatoms. The first-order chi connectivity index (χ1) is 25.5. The lowest BCUT2D eigenvalue weighted by Crippen LogP contribution is -2.51. The van der Waals surface area contributed by atoms with Gasteiger partial charge in [-0.25, -0.2) is 33.9 Å². The molecular weight excluding hydrogens is 687 g/mol. The lowest BCUT2D eigenvalue weighted by Gasteiger charge is -2.30. The van der Waals surface area contributed by atoms with Gasteiger partial charge in [-0.15, -0.1) is 0 Å². The maximum atomic E-state index is 15.6. The molecule has 3 aromatic heterocycles. The number of methoxy groups -OCH3 is 2. The number of alkyl carbamates (subject to hydrolysis) is 2. The van der Waals surface area contributed by atoms with E-state index in [1.165, 1.54) is 20.3 Å². The van der Waals surface area contributed by atoms with E-state index in [1.54, 1.807) is 53.6 Å². The summed E-state index contributed by atoms with van der Waals surface area (Å²) < 4.78 is 24.9. The van der Waals surface area contributed by atoms with Gasteiger partial charge in [0.05, 0.1) is 43.9 Å². The van der Waals surface area contributed by atoms with Crippen LogP contribution in [-0.2, 0) is 19.1 Å². The summed E-state index contributed by atoms with van der Waals surface area (Å²) in [5.41, 5.74) is 2.45. The number of carbonyl (C=O) groups is 4. The molecule has 0 bridgehead atoms. The molecule has 2 saturated heterocycles. The lowest BCUT2D eigenvalue weighted by atomic mass is 10.0. The van der Waals surface area contributed by atoms with Crippen molar-refractivity contribution in [3.63, 3.8) is 0 Å². The molecule has 0 saturated carbocycles. The topological polar surface area (TPSA) is 200 Å². The molecule has 4 atom stereocenters. The average molecular weight is 731 g/mol. The van der Waals surface area contributed by atoms with Crippen molar-refractivity contribution in [3.8, 4) is 33.9 Å². The molecule has 0 spiro atoms. The normalized spacial score (nSPS) is 18.2. The minimum atomic E-state index is -0.761. The van der Waals surface area contributed by atoms with Crippen LogP contribution >= 0.6 is 0 Å². The maximum absolute atomic E-state index is 15.6. The summed E-state index contributed by atoms with van der Waals surface area (Å²) in [5.74, 6) is 0.342. The number of likely N-dealkylation sites (tertiary alicyclic amines) is 2. The Hall–Kier alpha value is -5.87. The van der Waals surface area contributed by atoms with Crippen LogP contribution in [-0.4, -0.2) is 103 Å². The summed E-state index contributed by atoms with van der Waals surface area (Å²) >= 11 is 0. The van der Waals surface area contributed by atoms with Crippen LogP contribution in [0.1, 0.15) is 70.2 Å². The zero-order valence-electron chi connectivity index (χ0n) is 30.2. The maximum Gasteiger partial charge on any atom is 0.407 e. The van der Waals surface area contributed by atoms with Crippen molar-refractivity contribution in [2.75, 3.05) is 27.3 Å². The number of nitrogens with zero attached hydrogens (tertiary/aromatic N) is 6. The van der Waals surface area contributed by atoms with Gasteiger partial charge in [-0.05, 0) is 50.7 Å².